The number of phosphoric ester groups is 1. The van der Waals surface area contributed by atoms with Crippen LogP contribution in [0.15, 0.2) is 12.2 Å². The molecule has 15 heavy (non-hydrogen) atoms. The first kappa shape index (κ1) is 12.9. The van der Waals surface area contributed by atoms with Gasteiger partial charge in [0.1, 0.15) is 0 Å². The lowest BCUT2D eigenvalue weighted by molar-refractivity contribution is 0.0147. The van der Waals surface area contributed by atoms with Crippen molar-refractivity contribution >= 4 is 7.82 Å². The Hall–Kier alpha value is -0.190. The van der Waals surface area contributed by atoms with E-state index < -0.39 is 20.0 Å². The van der Waals surface area contributed by atoms with Gasteiger partial charge in [-0.15, -0.1) is 0 Å². The molecule has 0 aromatic heterocycles. The fourth-order valence-corrected chi connectivity index (χ4v) is 2.26. The van der Waals surface area contributed by atoms with Crippen LogP contribution in [0.2, 0.25) is 0 Å². The van der Waals surface area contributed by atoms with E-state index in [2.05, 4.69) is 4.52 Å². The van der Waals surface area contributed by atoms with Gasteiger partial charge in [0.05, 0.1) is 12.2 Å². The van der Waals surface area contributed by atoms with Crippen LogP contribution in [0.3, 0.4) is 0 Å². The van der Waals surface area contributed by atoms with Crippen molar-refractivity contribution in [1.29, 1.82) is 0 Å². The van der Waals surface area contributed by atoms with Gasteiger partial charge >= 0.3 is 7.82 Å². The molecule has 2 atom stereocenters. The van der Waals surface area contributed by atoms with Crippen molar-refractivity contribution in [2.24, 2.45) is 5.92 Å². The average Bonchev–Trinajstić information content (AvgIpc) is 2.53. The predicted octanol–water partition coefficient (Wildman–Crippen LogP) is 1.20. The lowest BCUT2D eigenvalue weighted by atomic mass is 9.97. The Kier molecular flexibility index (Phi) is 4.49. The standard InChI is InChI=1S/C9H17O5P/c1-7(14-15(11,12)13)9(10)6-8-4-2-3-5-8/h2-3,7-10H,4-6H2,1H3,(H2,11,12,13). The molecule has 0 aliphatic heterocycles. The van der Waals surface area contributed by atoms with E-state index in [0.29, 0.717) is 12.3 Å². The van der Waals surface area contributed by atoms with E-state index in [-0.39, 0.29) is 0 Å². The largest absolute Gasteiger partial charge is 0.469 e. The third-order valence-electron chi connectivity index (χ3n) is 2.53. The summed E-state index contributed by atoms with van der Waals surface area (Å²) < 4.78 is 14.9. The molecule has 1 rings (SSSR count). The summed E-state index contributed by atoms with van der Waals surface area (Å²) in [5.41, 5.74) is 0. The van der Waals surface area contributed by atoms with Crippen molar-refractivity contribution in [2.45, 2.75) is 38.4 Å². The molecule has 0 saturated carbocycles. The van der Waals surface area contributed by atoms with Crippen molar-refractivity contribution < 1.29 is 24.0 Å². The Morgan fingerprint density at radius 3 is 2.47 bits per heavy atom. The highest BCUT2D eigenvalue weighted by Crippen LogP contribution is 2.39. The molecular weight excluding hydrogens is 219 g/mol. The van der Waals surface area contributed by atoms with Gasteiger partial charge in [0.2, 0.25) is 0 Å². The molecular formula is C9H17O5P. The Labute approximate surface area is 89.0 Å². The minimum Gasteiger partial charge on any atom is -0.390 e. The minimum atomic E-state index is -4.50. The van der Waals surface area contributed by atoms with Crippen LogP contribution >= 0.6 is 7.82 Å². The van der Waals surface area contributed by atoms with Crippen LogP contribution in [-0.4, -0.2) is 27.1 Å². The maximum atomic E-state index is 10.5. The molecule has 2 unspecified atom stereocenters. The molecule has 0 bridgehead atoms. The van der Waals surface area contributed by atoms with Gasteiger partial charge in [0.15, 0.2) is 0 Å². The molecule has 1 aliphatic rings. The maximum Gasteiger partial charge on any atom is 0.469 e. The van der Waals surface area contributed by atoms with Crippen LogP contribution in [0, 0.1) is 5.92 Å². The topological polar surface area (TPSA) is 87.0 Å². The number of aliphatic hydroxyl groups excluding tert-OH is 1. The van der Waals surface area contributed by atoms with Crippen LogP contribution in [0.4, 0.5) is 0 Å². The van der Waals surface area contributed by atoms with Gasteiger partial charge < -0.3 is 14.9 Å². The second-order valence-corrected chi connectivity index (χ2v) is 5.10. The zero-order valence-corrected chi connectivity index (χ0v) is 9.51. The monoisotopic (exact) mass is 236 g/mol. The lowest BCUT2D eigenvalue weighted by Gasteiger charge is -2.22. The third-order valence-corrected chi connectivity index (χ3v) is 3.13. The second kappa shape index (κ2) is 5.23. The molecule has 88 valence electrons. The fraction of sp³-hybridized carbons (Fsp3) is 0.778. The van der Waals surface area contributed by atoms with Crippen LogP contribution < -0.4 is 0 Å². The Balaban J connectivity index is 2.32. The van der Waals surface area contributed by atoms with Gasteiger partial charge in [-0.1, -0.05) is 12.2 Å². The Bertz CT molecular complexity index is 264. The quantitative estimate of drug-likeness (QED) is 0.493. The van der Waals surface area contributed by atoms with Crippen LogP contribution in [0.5, 0.6) is 0 Å². The number of rotatable bonds is 5. The molecule has 6 heteroatoms. The van der Waals surface area contributed by atoms with E-state index in [0.717, 1.165) is 12.8 Å². The molecule has 0 heterocycles. The Morgan fingerprint density at radius 1 is 1.47 bits per heavy atom. The summed E-state index contributed by atoms with van der Waals surface area (Å²) in [4.78, 5) is 17.1. The zero-order chi connectivity index (χ0) is 11.5. The molecule has 0 fully saturated rings. The normalized spacial score (nSPS) is 21.9. The lowest BCUT2D eigenvalue weighted by Crippen LogP contribution is -2.27. The summed E-state index contributed by atoms with van der Waals surface area (Å²) in [5.74, 6) is 0.364. The van der Waals surface area contributed by atoms with E-state index in [1.165, 1.54) is 6.92 Å². The first-order chi connectivity index (χ1) is 6.88. The van der Waals surface area contributed by atoms with Crippen molar-refractivity contribution in [3.63, 3.8) is 0 Å². The summed E-state index contributed by atoms with van der Waals surface area (Å²) in [6.07, 6.45) is 4.76. The molecule has 0 aromatic rings. The summed E-state index contributed by atoms with van der Waals surface area (Å²) in [5, 5.41) is 9.65. The van der Waals surface area contributed by atoms with E-state index in [4.69, 9.17) is 9.79 Å². The van der Waals surface area contributed by atoms with Gasteiger partial charge in [-0.25, -0.2) is 4.57 Å². The van der Waals surface area contributed by atoms with Crippen LogP contribution in [-0.2, 0) is 9.09 Å². The van der Waals surface area contributed by atoms with Gasteiger partial charge in [0, 0.05) is 0 Å². The first-order valence-electron chi connectivity index (χ1n) is 4.95. The number of hydrogen-bond donors (Lipinski definition) is 3. The van der Waals surface area contributed by atoms with Gasteiger partial charge in [0.25, 0.3) is 0 Å². The average molecular weight is 236 g/mol. The predicted molar refractivity (Wildman–Crippen MR) is 55.1 cm³/mol. The minimum absolute atomic E-state index is 0.364. The molecule has 0 saturated heterocycles. The molecule has 0 aromatic carbocycles. The van der Waals surface area contributed by atoms with Crippen molar-refractivity contribution in [2.75, 3.05) is 0 Å². The van der Waals surface area contributed by atoms with Crippen molar-refractivity contribution in [1.82, 2.24) is 0 Å². The summed E-state index contributed by atoms with van der Waals surface area (Å²) in [7, 11) is -4.50. The molecule has 1 aliphatic carbocycles. The van der Waals surface area contributed by atoms with Crippen LogP contribution in [0.25, 0.3) is 0 Å². The summed E-state index contributed by atoms with van der Waals surface area (Å²) in [6, 6.07) is 0. The van der Waals surface area contributed by atoms with Crippen molar-refractivity contribution in [3.05, 3.63) is 12.2 Å². The fourth-order valence-electron chi connectivity index (χ4n) is 1.69. The summed E-state index contributed by atoms with van der Waals surface area (Å²) in [6.45, 7) is 1.46. The number of hydrogen-bond acceptors (Lipinski definition) is 3. The van der Waals surface area contributed by atoms with E-state index in [9.17, 15) is 9.67 Å². The zero-order valence-electron chi connectivity index (χ0n) is 8.61. The highest BCUT2D eigenvalue weighted by molar-refractivity contribution is 7.46. The smallest absolute Gasteiger partial charge is 0.390 e. The highest BCUT2D eigenvalue weighted by atomic mass is 31.2. The highest BCUT2D eigenvalue weighted by Gasteiger charge is 2.26. The molecule has 3 N–H and O–H groups in total. The van der Waals surface area contributed by atoms with Gasteiger partial charge in [-0.3, -0.25) is 4.52 Å². The van der Waals surface area contributed by atoms with E-state index in [1.807, 2.05) is 12.2 Å². The first-order valence-corrected chi connectivity index (χ1v) is 6.48. The van der Waals surface area contributed by atoms with Crippen molar-refractivity contribution in [3.8, 4) is 0 Å². The number of aliphatic hydroxyl groups is 1. The van der Waals surface area contributed by atoms with Gasteiger partial charge in [-0.05, 0) is 32.1 Å². The van der Waals surface area contributed by atoms with E-state index >= 15 is 0 Å². The maximum absolute atomic E-state index is 10.5. The Morgan fingerprint density at radius 2 is 2.00 bits per heavy atom. The molecule has 0 spiro atoms. The van der Waals surface area contributed by atoms with Gasteiger partial charge in [-0.2, -0.15) is 0 Å². The van der Waals surface area contributed by atoms with E-state index in [1.54, 1.807) is 0 Å². The SMILES string of the molecule is CC(OP(=O)(O)O)C(O)CC1CC=CC1. The number of allylic oxidation sites excluding steroid dienone is 2. The number of phosphoric acid groups is 1. The summed E-state index contributed by atoms with van der Waals surface area (Å²) >= 11 is 0. The third kappa shape index (κ3) is 4.91. The molecule has 0 radical (unpaired) electrons. The molecule has 0 amide bonds. The van der Waals surface area contributed by atoms with Crippen LogP contribution in [0.1, 0.15) is 26.2 Å². The second-order valence-electron chi connectivity index (χ2n) is 3.91. The molecule has 5 nitrogen and oxygen atoms in total.